The van der Waals surface area contributed by atoms with Crippen molar-refractivity contribution in [3.63, 3.8) is 0 Å². The first-order chi connectivity index (χ1) is 20.1. The first-order valence-electron chi connectivity index (χ1n) is 14.1. The van der Waals surface area contributed by atoms with E-state index in [9.17, 15) is 0 Å². The van der Waals surface area contributed by atoms with E-state index in [1.54, 1.807) is 0 Å². The monoisotopic (exact) mass is 528 g/mol. The Morgan fingerprint density at radius 2 is 0.951 bits per heavy atom. The molecule has 0 radical (unpaired) electrons. The van der Waals surface area contributed by atoms with Gasteiger partial charge in [0, 0.05) is 27.7 Å². The van der Waals surface area contributed by atoms with Crippen molar-refractivity contribution in [2.45, 2.75) is 24.7 Å². The summed E-state index contributed by atoms with van der Waals surface area (Å²) in [6, 6.07) is 47.1. The average Bonchev–Trinajstić information content (AvgIpc) is 3.03. The number of fused-ring (bicyclic) bond motifs is 8. The third kappa shape index (κ3) is 3.32. The number of aromatic nitrogens is 2. The molecule has 0 unspecified atom stereocenters. The first-order valence-corrected chi connectivity index (χ1v) is 14.1. The molecule has 41 heavy (non-hydrogen) atoms. The number of para-hydroxylation sites is 2. The fraction of sp³-hybridized carbons (Fsp3) is 0.105. The summed E-state index contributed by atoms with van der Waals surface area (Å²) in [6.07, 6.45) is 0. The summed E-state index contributed by atoms with van der Waals surface area (Å²) in [5.41, 5.74) is 10.6. The normalized spacial score (nSPS) is 15.2. The first kappa shape index (κ1) is 23.8. The number of ether oxygens (including phenoxy) is 1. The Labute approximate surface area is 240 Å². The molecular weight excluding hydrogens is 500 g/mol. The lowest BCUT2D eigenvalue weighted by Crippen LogP contribution is -2.43. The van der Waals surface area contributed by atoms with Crippen LogP contribution in [0.4, 0.5) is 0 Å². The van der Waals surface area contributed by atoms with Gasteiger partial charge in [0.2, 0.25) is 0 Å². The van der Waals surface area contributed by atoms with Crippen molar-refractivity contribution in [2.24, 2.45) is 0 Å². The van der Waals surface area contributed by atoms with Crippen LogP contribution in [0, 0.1) is 0 Å². The highest BCUT2D eigenvalue weighted by Gasteiger charge is 2.52. The third-order valence-corrected chi connectivity index (χ3v) is 8.93. The second-order valence-electron chi connectivity index (χ2n) is 11.4. The van der Waals surface area contributed by atoms with Crippen LogP contribution in [0.5, 0.6) is 11.5 Å². The molecule has 3 nitrogen and oxygen atoms in total. The molecule has 0 N–H and O–H groups in total. The maximum atomic E-state index is 6.53. The van der Waals surface area contributed by atoms with E-state index in [0.29, 0.717) is 0 Å². The number of nitrogens with zero attached hydrogens (tertiary/aromatic N) is 2. The van der Waals surface area contributed by atoms with Gasteiger partial charge in [0.25, 0.3) is 0 Å². The summed E-state index contributed by atoms with van der Waals surface area (Å²) in [4.78, 5) is 0. The van der Waals surface area contributed by atoms with Crippen LogP contribution in [0.25, 0.3) is 22.5 Å². The van der Waals surface area contributed by atoms with Crippen LogP contribution >= 0.6 is 0 Å². The molecule has 196 valence electrons. The van der Waals surface area contributed by atoms with Gasteiger partial charge in [-0.05, 0) is 52.6 Å². The van der Waals surface area contributed by atoms with Crippen molar-refractivity contribution in [3.05, 3.63) is 167 Å². The maximum Gasteiger partial charge on any atom is 0.132 e. The van der Waals surface area contributed by atoms with E-state index in [4.69, 9.17) is 9.84 Å². The Morgan fingerprint density at radius 3 is 1.59 bits per heavy atom. The van der Waals surface area contributed by atoms with Crippen LogP contribution in [0.15, 0.2) is 133 Å². The molecule has 3 heteroatoms. The van der Waals surface area contributed by atoms with Gasteiger partial charge < -0.3 is 4.74 Å². The van der Waals surface area contributed by atoms with Gasteiger partial charge in [0.15, 0.2) is 0 Å². The number of rotatable bonds is 2. The summed E-state index contributed by atoms with van der Waals surface area (Å²) >= 11 is 0. The molecule has 1 aliphatic carbocycles. The molecule has 0 bridgehead atoms. The summed E-state index contributed by atoms with van der Waals surface area (Å²) in [5.74, 6) is 1.79. The second kappa shape index (κ2) is 8.74. The maximum absolute atomic E-state index is 6.53. The van der Waals surface area contributed by atoms with E-state index in [1.165, 1.54) is 22.3 Å². The zero-order chi connectivity index (χ0) is 27.6. The fourth-order valence-electron chi connectivity index (χ4n) is 7.03. The number of hydrogen-bond donors (Lipinski definition) is 0. The van der Waals surface area contributed by atoms with E-state index in [-0.39, 0.29) is 5.41 Å². The smallest absolute Gasteiger partial charge is 0.132 e. The van der Waals surface area contributed by atoms with Crippen molar-refractivity contribution in [1.82, 2.24) is 10.2 Å². The molecule has 0 saturated carbocycles. The summed E-state index contributed by atoms with van der Waals surface area (Å²) < 4.78 is 6.53. The van der Waals surface area contributed by atoms with E-state index < -0.39 is 5.41 Å². The lowest BCUT2D eigenvalue weighted by molar-refractivity contribution is 0.425. The van der Waals surface area contributed by atoms with Crippen LogP contribution in [-0.4, -0.2) is 10.2 Å². The fourth-order valence-corrected chi connectivity index (χ4v) is 7.03. The molecule has 5 aromatic carbocycles. The van der Waals surface area contributed by atoms with Gasteiger partial charge in [0.05, 0.1) is 16.8 Å². The van der Waals surface area contributed by atoms with E-state index in [0.717, 1.165) is 45.1 Å². The molecule has 1 aliphatic heterocycles. The van der Waals surface area contributed by atoms with E-state index in [1.807, 2.05) is 18.2 Å². The highest BCUT2D eigenvalue weighted by Crippen LogP contribution is 2.61. The quantitative estimate of drug-likeness (QED) is 0.225. The van der Waals surface area contributed by atoms with Crippen molar-refractivity contribution in [2.75, 3.05) is 0 Å². The lowest BCUT2D eigenvalue weighted by atomic mass is 9.53. The minimum atomic E-state index is -0.541. The highest BCUT2D eigenvalue weighted by molar-refractivity contribution is 5.77. The van der Waals surface area contributed by atoms with Crippen molar-refractivity contribution in [1.29, 1.82) is 0 Å². The number of benzene rings is 5. The predicted molar refractivity (Wildman–Crippen MR) is 163 cm³/mol. The van der Waals surface area contributed by atoms with Crippen molar-refractivity contribution < 1.29 is 4.74 Å². The second-order valence-corrected chi connectivity index (χ2v) is 11.4. The summed E-state index contributed by atoms with van der Waals surface area (Å²) in [7, 11) is 0. The van der Waals surface area contributed by atoms with Crippen LogP contribution in [0.3, 0.4) is 0 Å². The van der Waals surface area contributed by atoms with E-state index in [2.05, 4.69) is 134 Å². The summed E-state index contributed by atoms with van der Waals surface area (Å²) in [6.45, 7) is 4.67. The Balaban J connectivity index is 1.42. The standard InChI is InChI=1S/C38H28N2O/c1-37(2)27-14-6-7-15-29(27)38(30-16-8-10-18-35(30)41-36-19-11-9-17-31(36)38)32-24-26(20-21-28(32)37)34-23-22-33(39-40-34)25-12-4-3-5-13-25/h3-24H,1-2H3. The van der Waals surface area contributed by atoms with Crippen LogP contribution in [0.2, 0.25) is 0 Å². The minimum absolute atomic E-state index is 0.194. The number of hydrogen-bond acceptors (Lipinski definition) is 3. The van der Waals surface area contributed by atoms with Gasteiger partial charge in [-0.15, -0.1) is 10.2 Å². The summed E-state index contributed by atoms with van der Waals surface area (Å²) in [5, 5.41) is 9.31. The molecule has 0 fully saturated rings. The molecule has 2 heterocycles. The third-order valence-electron chi connectivity index (χ3n) is 8.93. The van der Waals surface area contributed by atoms with E-state index >= 15 is 0 Å². The Bertz CT molecular complexity index is 1890. The molecule has 0 saturated heterocycles. The molecule has 6 aromatic rings. The predicted octanol–water partition coefficient (Wildman–Crippen LogP) is 8.94. The van der Waals surface area contributed by atoms with Gasteiger partial charge in [-0.3, -0.25) is 0 Å². The van der Waals surface area contributed by atoms with Crippen LogP contribution in [0.1, 0.15) is 47.2 Å². The zero-order valence-electron chi connectivity index (χ0n) is 23.0. The largest absolute Gasteiger partial charge is 0.457 e. The van der Waals surface area contributed by atoms with Gasteiger partial charge in [-0.2, -0.15) is 0 Å². The SMILES string of the molecule is CC1(C)c2ccccc2C2(c3ccccc3Oc3ccccc32)c2cc(-c3ccc(-c4ccccc4)nn3)ccc21. The van der Waals surface area contributed by atoms with Gasteiger partial charge in [-0.1, -0.05) is 117 Å². The molecule has 0 amide bonds. The zero-order valence-corrected chi connectivity index (χ0v) is 23.0. The Kier molecular flexibility index (Phi) is 5.08. The van der Waals surface area contributed by atoms with Crippen LogP contribution in [-0.2, 0) is 10.8 Å². The molecular formula is C38H28N2O. The molecule has 0 atom stereocenters. The molecule has 8 rings (SSSR count). The van der Waals surface area contributed by atoms with Gasteiger partial charge >= 0.3 is 0 Å². The molecule has 1 spiro atoms. The topological polar surface area (TPSA) is 35.0 Å². The Hall–Kier alpha value is -5.02. The highest BCUT2D eigenvalue weighted by atomic mass is 16.5. The molecule has 2 aliphatic rings. The van der Waals surface area contributed by atoms with Crippen molar-refractivity contribution in [3.8, 4) is 34.0 Å². The molecule has 1 aromatic heterocycles. The van der Waals surface area contributed by atoms with Crippen LogP contribution < -0.4 is 4.74 Å². The Morgan fingerprint density at radius 1 is 0.439 bits per heavy atom. The average molecular weight is 529 g/mol. The lowest BCUT2D eigenvalue weighted by Gasteiger charge is -2.50. The minimum Gasteiger partial charge on any atom is -0.457 e. The van der Waals surface area contributed by atoms with Crippen molar-refractivity contribution >= 4 is 0 Å². The van der Waals surface area contributed by atoms with Gasteiger partial charge in [-0.25, -0.2) is 0 Å². The van der Waals surface area contributed by atoms with Gasteiger partial charge in [0.1, 0.15) is 11.5 Å².